The van der Waals surface area contributed by atoms with Crippen LogP contribution in [0.25, 0.3) is 16.0 Å². The third-order valence-electron chi connectivity index (χ3n) is 2.41. The molecule has 0 unspecified atom stereocenters. The first kappa shape index (κ1) is 10.3. The molecule has 0 fully saturated rings. The lowest BCUT2D eigenvalue weighted by Crippen LogP contribution is -1.83. The zero-order valence-corrected chi connectivity index (χ0v) is 8.97. The van der Waals surface area contributed by atoms with Gasteiger partial charge in [0.05, 0.1) is 13.7 Å². The fourth-order valence-corrected chi connectivity index (χ4v) is 1.59. The molecule has 0 heterocycles. The largest absolute Gasteiger partial charge is 0.498 e. The van der Waals surface area contributed by atoms with Crippen molar-refractivity contribution in [1.82, 2.24) is 0 Å². The van der Waals surface area contributed by atoms with Gasteiger partial charge in [0.15, 0.2) is 5.69 Å². The second kappa shape index (κ2) is 4.50. The highest BCUT2D eigenvalue weighted by atomic mass is 16.5. The summed E-state index contributed by atoms with van der Waals surface area (Å²) in [5.41, 5.74) is 2.61. The SMILES string of the molecule is [C-]#[N+]c1cc(OC)ccc1-c1ccccc1. The summed E-state index contributed by atoms with van der Waals surface area (Å²) >= 11 is 0. The molecule has 0 atom stereocenters. The van der Waals surface area contributed by atoms with E-state index >= 15 is 0 Å². The number of nitrogens with zero attached hydrogens (tertiary/aromatic N) is 1. The summed E-state index contributed by atoms with van der Waals surface area (Å²) in [7, 11) is 1.60. The topological polar surface area (TPSA) is 13.6 Å². The predicted octanol–water partition coefficient (Wildman–Crippen LogP) is 3.91. The van der Waals surface area contributed by atoms with Gasteiger partial charge < -0.3 is 4.74 Å². The van der Waals surface area contributed by atoms with Crippen molar-refractivity contribution in [1.29, 1.82) is 0 Å². The summed E-state index contributed by atoms with van der Waals surface area (Å²) in [5.74, 6) is 0.714. The van der Waals surface area contributed by atoms with Gasteiger partial charge in [0, 0.05) is 0 Å². The number of ether oxygens (including phenoxy) is 1. The molecule has 0 spiro atoms. The number of hydrogen-bond donors (Lipinski definition) is 0. The smallest absolute Gasteiger partial charge is 0.198 e. The summed E-state index contributed by atoms with van der Waals surface area (Å²) in [6, 6.07) is 15.4. The number of rotatable bonds is 2. The summed E-state index contributed by atoms with van der Waals surface area (Å²) < 4.78 is 5.10. The molecule has 2 rings (SSSR count). The maximum atomic E-state index is 7.18. The van der Waals surface area contributed by atoms with E-state index in [1.807, 2.05) is 42.5 Å². The van der Waals surface area contributed by atoms with E-state index in [0.717, 1.165) is 11.1 Å². The lowest BCUT2D eigenvalue weighted by molar-refractivity contribution is 0.415. The molecular weight excluding hydrogens is 198 g/mol. The summed E-state index contributed by atoms with van der Waals surface area (Å²) in [6.45, 7) is 7.18. The van der Waals surface area contributed by atoms with Gasteiger partial charge in [0.1, 0.15) is 5.75 Å². The second-order valence-corrected chi connectivity index (χ2v) is 3.36. The predicted molar refractivity (Wildman–Crippen MR) is 64.7 cm³/mol. The van der Waals surface area contributed by atoms with Crippen molar-refractivity contribution in [2.24, 2.45) is 0 Å². The van der Waals surface area contributed by atoms with Crippen LogP contribution in [-0.4, -0.2) is 7.11 Å². The van der Waals surface area contributed by atoms with Gasteiger partial charge in [-0.15, -0.1) is 0 Å². The fraction of sp³-hybridized carbons (Fsp3) is 0.0714. The van der Waals surface area contributed by atoms with E-state index in [1.165, 1.54) is 0 Å². The third-order valence-corrected chi connectivity index (χ3v) is 2.41. The first-order valence-electron chi connectivity index (χ1n) is 4.96. The molecule has 0 bridgehead atoms. The Hall–Kier alpha value is -2.27. The van der Waals surface area contributed by atoms with Crippen molar-refractivity contribution < 1.29 is 4.74 Å². The highest BCUT2D eigenvalue weighted by molar-refractivity contribution is 5.79. The van der Waals surface area contributed by atoms with Crippen molar-refractivity contribution in [2.75, 3.05) is 7.11 Å². The van der Waals surface area contributed by atoms with Gasteiger partial charge in [-0.25, -0.2) is 4.85 Å². The minimum atomic E-state index is 0.616. The monoisotopic (exact) mass is 209 g/mol. The van der Waals surface area contributed by atoms with Gasteiger partial charge in [-0.05, 0) is 23.3 Å². The molecule has 0 aliphatic rings. The highest BCUT2D eigenvalue weighted by Gasteiger charge is 2.05. The molecule has 0 saturated heterocycles. The quantitative estimate of drug-likeness (QED) is 0.683. The normalized spacial score (nSPS) is 9.50. The van der Waals surface area contributed by atoms with Crippen LogP contribution in [0.2, 0.25) is 0 Å². The van der Waals surface area contributed by atoms with Crippen LogP contribution in [0.4, 0.5) is 5.69 Å². The van der Waals surface area contributed by atoms with E-state index in [1.54, 1.807) is 13.2 Å². The Morgan fingerprint density at radius 1 is 1.06 bits per heavy atom. The molecule has 0 aliphatic heterocycles. The van der Waals surface area contributed by atoms with Crippen molar-refractivity contribution in [3.8, 4) is 16.9 Å². The van der Waals surface area contributed by atoms with Crippen LogP contribution in [0.3, 0.4) is 0 Å². The van der Waals surface area contributed by atoms with Crippen molar-refractivity contribution in [3.05, 3.63) is 59.9 Å². The molecule has 0 aliphatic carbocycles. The Morgan fingerprint density at radius 3 is 2.44 bits per heavy atom. The Kier molecular flexibility index (Phi) is 2.88. The number of hydrogen-bond acceptors (Lipinski definition) is 1. The maximum Gasteiger partial charge on any atom is 0.198 e. The van der Waals surface area contributed by atoms with E-state index in [0.29, 0.717) is 11.4 Å². The maximum absolute atomic E-state index is 7.18. The number of benzene rings is 2. The molecule has 0 radical (unpaired) electrons. The molecule has 2 nitrogen and oxygen atoms in total. The number of methoxy groups -OCH3 is 1. The Morgan fingerprint density at radius 2 is 1.81 bits per heavy atom. The zero-order valence-electron chi connectivity index (χ0n) is 8.97. The Bertz CT molecular complexity index is 526. The van der Waals surface area contributed by atoms with Gasteiger partial charge in [0.2, 0.25) is 0 Å². The van der Waals surface area contributed by atoms with Crippen LogP contribution in [0.1, 0.15) is 0 Å². The molecular formula is C14H11NO. The van der Waals surface area contributed by atoms with Crippen LogP contribution < -0.4 is 4.74 Å². The lowest BCUT2D eigenvalue weighted by Gasteiger charge is -2.06. The van der Waals surface area contributed by atoms with Gasteiger partial charge in [-0.3, -0.25) is 0 Å². The lowest BCUT2D eigenvalue weighted by atomic mass is 10.0. The molecule has 0 amide bonds. The van der Waals surface area contributed by atoms with Crippen molar-refractivity contribution in [3.63, 3.8) is 0 Å². The van der Waals surface area contributed by atoms with Crippen LogP contribution >= 0.6 is 0 Å². The Balaban J connectivity index is 2.54. The molecule has 0 N–H and O–H groups in total. The molecule has 2 aromatic rings. The van der Waals surface area contributed by atoms with Crippen LogP contribution in [0, 0.1) is 6.57 Å². The summed E-state index contributed by atoms with van der Waals surface area (Å²) in [5, 5.41) is 0. The summed E-state index contributed by atoms with van der Waals surface area (Å²) in [4.78, 5) is 3.53. The molecule has 0 saturated carbocycles. The zero-order chi connectivity index (χ0) is 11.4. The van der Waals surface area contributed by atoms with Crippen LogP contribution in [0.5, 0.6) is 5.75 Å². The standard InChI is InChI=1S/C14H11NO/c1-15-14-10-12(16-2)8-9-13(14)11-6-4-3-5-7-11/h3-10H,2H3. The first-order valence-corrected chi connectivity index (χ1v) is 4.96. The first-order chi connectivity index (χ1) is 7.85. The Labute approximate surface area is 94.9 Å². The van der Waals surface area contributed by atoms with Crippen LogP contribution in [-0.2, 0) is 0 Å². The van der Waals surface area contributed by atoms with E-state index in [-0.39, 0.29) is 0 Å². The fourth-order valence-electron chi connectivity index (χ4n) is 1.59. The molecule has 16 heavy (non-hydrogen) atoms. The molecule has 2 heteroatoms. The van der Waals surface area contributed by atoms with Gasteiger partial charge in [0.25, 0.3) is 0 Å². The van der Waals surface area contributed by atoms with Crippen molar-refractivity contribution in [2.45, 2.75) is 0 Å². The van der Waals surface area contributed by atoms with Gasteiger partial charge >= 0.3 is 0 Å². The summed E-state index contributed by atoms with van der Waals surface area (Å²) in [6.07, 6.45) is 0. The minimum absolute atomic E-state index is 0.616. The molecule has 78 valence electrons. The second-order valence-electron chi connectivity index (χ2n) is 3.36. The van der Waals surface area contributed by atoms with E-state index in [2.05, 4.69) is 4.85 Å². The minimum Gasteiger partial charge on any atom is -0.498 e. The van der Waals surface area contributed by atoms with E-state index in [9.17, 15) is 0 Å². The molecule has 0 aromatic heterocycles. The molecule has 2 aromatic carbocycles. The van der Waals surface area contributed by atoms with Crippen molar-refractivity contribution >= 4 is 5.69 Å². The van der Waals surface area contributed by atoms with Gasteiger partial charge in [-0.2, -0.15) is 0 Å². The third kappa shape index (κ3) is 1.89. The van der Waals surface area contributed by atoms with E-state index < -0.39 is 0 Å². The average molecular weight is 209 g/mol. The van der Waals surface area contributed by atoms with Gasteiger partial charge in [-0.1, -0.05) is 36.4 Å². The highest BCUT2D eigenvalue weighted by Crippen LogP contribution is 2.33. The average Bonchev–Trinajstić information content (AvgIpc) is 2.39. The van der Waals surface area contributed by atoms with Crippen LogP contribution in [0.15, 0.2) is 48.5 Å². The van der Waals surface area contributed by atoms with E-state index in [4.69, 9.17) is 11.3 Å².